The molecule has 0 spiro atoms. The zero-order valence-electron chi connectivity index (χ0n) is 12.5. The molecule has 0 saturated carbocycles. The van der Waals surface area contributed by atoms with Gasteiger partial charge in [-0.25, -0.2) is 0 Å². The van der Waals surface area contributed by atoms with Gasteiger partial charge in [0.1, 0.15) is 0 Å². The van der Waals surface area contributed by atoms with Crippen molar-refractivity contribution in [3.05, 3.63) is 52.1 Å². The van der Waals surface area contributed by atoms with E-state index in [4.69, 9.17) is 5.11 Å². The number of hydrogen-bond donors (Lipinski definition) is 2. The minimum atomic E-state index is -1.58. The van der Waals surface area contributed by atoms with Crippen molar-refractivity contribution in [2.24, 2.45) is 5.92 Å². The Morgan fingerprint density at radius 3 is 2.86 bits per heavy atom. The number of carbonyl (C=O) groups is 1. The van der Waals surface area contributed by atoms with Gasteiger partial charge >= 0.3 is 0 Å². The second kappa shape index (κ2) is 6.93. The van der Waals surface area contributed by atoms with Gasteiger partial charge in [-0.2, -0.15) is 0 Å². The highest BCUT2D eigenvalue weighted by Gasteiger charge is 2.52. The predicted octanol–water partition coefficient (Wildman–Crippen LogP) is 2.59. The molecule has 2 rings (SSSR count). The average molecular weight is 413 g/mol. The second-order valence-electron chi connectivity index (χ2n) is 5.36. The van der Waals surface area contributed by atoms with Crippen LogP contribution in [0.15, 0.2) is 43.0 Å². The molecule has 4 nitrogen and oxygen atoms in total. The highest BCUT2D eigenvalue weighted by atomic mass is 127. The van der Waals surface area contributed by atoms with E-state index in [0.717, 1.165) is 9.26 Å². The van der Waals surface area contributed by atoms with Crippen molar-refractivity contribution in [3.63, 3.8) is 0 Å². The van der Waals surface area contributed by atoms with Crippen LogP contribution in [0.4, 0.5) is 5.69 Å². The number of amides is 1. The Bertz CT molecular complexity index is 614. The van der Waals surface area contributed by atoms with Gasteiger partial charge in [0.05, 0.1) is 5.69 Å². The van der Waals surface area contributed by atoms with E-state index < -0.39 is 11.5 Å². The molecule has 2 N–H and O–H groups in total. The standard InChI is InChI=1S/C17H20INO3/c1-3-9-19-15-8-7-13(18)11-14(15)17(22,16(19)21)12(2)6-4-5-10-20/h3-4,6-8,11-12,20,22H,1,5,9-10H2,2H3/b6-4+/t12-,17+/m1/s1. The Hall–Kier alpha value is -1.18. The van der Waals surface area contributed by atoms with Gasteiger partial charge in [-0.15, -0.1) is 6.58 Å². The van der Waals surface area contributed by atoms with Gasteiger partial charge in [0.2, 0.25) is 0 Å². The number of anilines is 1. The van der Waals surface area contributed by atoms with Crippen LogP contribution in [-0.4, -0.2) is 29.3 Å². The lowest BCUT2D eigenvalue weighted by Crippen LogP contribution is -2.44. The minimum Gasteiger partial charge on any atom is -0.396 e. The lowest BCUT2D eigenvalue weighted by atomic mass is 9.83. The highest BCUT2D eigenvalue weighted by Crippen LogP contribution is 2.45. The lowest BCUT2D eigenvalue weighted by Gasteiger charge is -2.27. The summed E-state index contributed by atoms with van der Waals surface area (Å²) in [7, 11) is 0. The van der Waals surface area contributed by atoms with Crippen LogP contribution >= 0.6 is 22.6 Å². The Balaban J connectivity index is 2.49. The van der Waals surface area contributed by atoms with E-state index in [-0.39, 0.29) is 12.5 Å². The number of aliphatic hydroxyl groups is 2. The van der Waals surface area contributed by atoms with Crippen molar-refractivity contribution in [1.29, 1.82) is 0 Å². The van der Waals surface area contributed by atoms with E-state index >= 15 is 0 Å². The lowest BCUT2D eigenvalue weighted by molar-refractivity contribution is -0.139. The van der Waals surface area contributed by atoms with Crippen molar-refractivity contribution in [2.75, 3.05) is 18.1 Å². The first-order valence-corrected chi connectivity index (χ1v) is 8.27. The number of benzene rings is 1. The van der Waals surface area contributed by atoms with Crippen molar-refractivity contribution in [1.82, 2.24) is 0 Å². The SMILES string of the molecule is C=CCN1C(=O)[C@](O)([C@H](C)/C=C/CCO)c2cc(I)ccc21. The number of carbonyl (C=O) groups excluding carboxylic acids is 1. The first-order chi connectivity index (χ1) is 10.5. The summed E-state index contributed by atoms with van der Waals surface area (Å²) in [5.41, 5.74) is -0.214. The van der Waals surface area contributed by atoms with E-state index in [1.165, 1.54) is 0 Å². The fourth-order valence-corrected chi connectivity index (χ4v) is 3.24. The van der Waals surface area contributed by atoms with Crippen LogP contribution in [0.5, 0.6) is 0 Å². The summed E-state index contributed by atoms with van der Waals surface area (Å²) in [5, 5.41) is 20.0. The van der Waals surface area contributed by atoms with E-state index in [1.807, 2.05) is 25.1 Å². The number of halogens is 1. The van der Waals surface area contributed by atoms with Crippen LogP contribution in [0.3, 0.4) is 0 Å². The minimum absolute atomic E-state index is 0.0483. The summed E-state index contributed by atoms with van der Waals surface area (Å²) in [6, 6.07) is 5.63. The third kappa shape index (κ3) is 2.85. The maximum absolute atomic E-state index is 12.8. The zero-order chi connectivity index (χ0) is 16.3. The zero-order valence-corrected chi connectivity index (χ0v) is 14.7. The van der Waals surface area contributed by atoms with Gasteiger partial charge in [0, 0.05) is 28.2 Å². The number of rotatable bonds is 6. The Labute approximate surface area is 144 Å². The monoisotopic (exact) mass is 413 g/mol. The van der Waals surface area contributed by atoms with Crippen LogP contribution in [-0.2, 0) is 10.4 Å². The fourth-order valence-electron chi connectivity index (χ4n) is 2.74. The van der Waals surface area contributed by atoms with E-state index in [2.05, 4.69) is 29.2 Å². The molecule has 1 aromatic rings. The second-order valence-corrected chi connectivity index (χ2v) is 6.61. The smallest absolute Gasteiger partial charge is 0.264 e. The third-order valence-corrected chi connectivity index (χ3v) is 4.59. The van der Waals surface area contributed by atoms with Crippen molar-refractivity contribution in [3.8, 4) is 0 Å². The van der Waals surface area contributed by atoms with Gasteiger partial charge in [-0.1, -0.05) is 25.2 Å². The number of aliphatic hydroxyl groups excluding tert-OH is 1. The highest BCUT2D eigenvalue weighted by molar-refractivity contribution is 14.1. The maximum Gasteiger partial charge on any atom is 0.264 e. The normalized spacial score (nSPS) is 22.2. The molecule has 0 aliphatic carbocycles. The van der Waals surface area contributed by atoms with Gasteiger partial charge in [0.15, 0.2) is 5.60 Å². The Morgan fingerprint density at radius 1 is 1.50 bits per heavy atom. The number of fused-ring (bicyclic) bond motifs is 1. The van der Waals surface area contributed by atoms with Gasteiger partial charge in [0.25, 0.3) is 5.91 Å². The molecular weight excluding hydrogens is 393 g/mol. The number of nitrogens with zero attached hydrogens (tertiary/aromatic N) is 1. The first kappa shape index (κ1) is 17.2. The van der Waals surface area contributed by atoms with Gasteiger partial charge < -0.3 is 15.1 Å². The molecule has 1 amide bonds. The third-order valence-electron chi connectivity index (χ3n) is 3.92. The Morgan fingerprint density at radius 2 is 2.23 bits per heavy atom. The first-order valence-electron chi connectivity index (χ1n) is 7.19. The molecule has 0 fully saturated rings. The number of hydrogen-bond acceptors (Lipinski definition) is 3. The summed E-state index contributed by atoms with van der Waals surface area (Å²) in [4.78, 5) is 14.4. The molecule has 0 bridgehead atoms. The van der Waals surface area contributed by atoms with Crippen LogP contribution < -0.4 is 4.90 Å². The average Bonchev–Trinajstić information content (AvgIpc) is 2.71. The molecule has 118 valence electrons. The van der Waals surface area contributed by atoms with Crippen LogP contribution in [0.1, 0.15) is 18.9 Å². The molecular formula is C17H20INO3. The quantitative estimate of drug-likeness (QED) is 0.557. The van der Waals surface area contributed by atoms with Crippen molar-refractivity contribution >= 4 is 34.2 Å². The molecule has 5 heteroatoms. The van der Waals surface area contributed by atoms with E-state index in [1.54, 1.807) is 23.1 Å². The van der Waals surface area contributed by atoms with Crippen LogP contribution in [0.25, 0.3) is 0 Å². The summed E-state index contributed by atoms with van der Waals surface area (Å²) >= 11 is 2.17. The molecule has 0 unspecified atom stereocenters. The molecule has 1 heterocycles. The molecule has 22 heavy (non-hydrogen) atoms. The van der Waals surface area contributed by atoms with Crippen molar-refractivity contribution in [2.45, 2.75) is 18.9 Å². The van der Waals surface area contributed by atoms with E-state index in [9.17, 15) is 9.90 Å². The largest absolute Gasteiger partial charge is 0.396 e. The van der Waals surface area contributed by atoms with Crippen LogP contribution in [0.2, 0.25) is 0 Å². The molecule has 0 aromatic heterocycles. The molecule has 0 saturated heterocycles. The molecule has 1 aliphatic rings. The summed E-state index contributed by atoms with van der Waals surface area (Å²) in [5.74, 6) is -0.719. The van der Waals surface area contributed by atoms with Gasteiger partial charge in [-0.3, -0.25) is 4.79 Å². The van der Waals surface area contributed by atoms with Crippen LogP contribution in [0, 0.1) is 9.49 Å². The molecule has 1 aromatic carbocycles. The molecule has 2 atom stereocenters. The molecule has 0 radical (unpaired) electrons. The topological polar surface area (TPSA) is 60.8 Å². The van der Waals surface area contributed by atoms with Gasteiger partial charge in [-0.05, 0) is 47.2 Å². The predicted molar refractivity (Wildman–Crippen MR) is 95.6 cm³/mol. The summed E-state index contributed by atoms with van der Waals surface area (Å²) < 4.78 is 0.967. The van der Waals surface area contributed by atoms with Crippen molar-refractivity contribution < 1.29 is 15.0 Å². The fraction of sp³-hybridized carbons (Fsp3) is 0.353. The van der Waals surface area contributed by atoms with E-state index in [0.29, 0.717) is 18.5 Å². The summed E-state index contributed by atoms with van der Waals surface area (Å²) in [6.45, 7) is 5.91. The molecule has 1 aliphatic heterocycles. The maximum atomic E-state index is 12.8. The summed E-state index contributed by atoms with van der Waals surface area (Å²) in [6.07, 6.45) is 5.73. The Kier molecular flexibility index (Phi) is 5.41.